The molecule has 53 heavy (non-hydrogen) atoms. The average molecular weight is 680 g/mol. The van der Waals surface area contributed by atoms with Crippen LogP contribution in [0.3, 0.4) is 0 Å². The second-order valence-corrected chi connectivity index (χ2v) is 14.6. The highest BCUT2D eigenvalue weighted by Gasteiger charge is 2.36. The molecule has 0 spiro atoms. The molecule has 0 saturated carbocycles. The van der Waals surface area contributed by atoms with E-state index in [1.54, 1.807) is 0 Å². The lowest BCUT2D eigenvalue weighted by molar-refractivity contribution is 0.660. The summed E-state index contributed by atoms with van der Waals surface area (Å²) in [7, 11) is 0. The first-order valence-corrected chi connectivity index (χ1v) is 18.3. The van der Waals surface area contributed by atoms with Gasteiger partial charge in [0.05, 0.1) is 0 Å². The molecule has 8 aromatic carbocycles. The molecule has 0 atom stereocenters. The van der Waals surface area contributed by atoms with Crippen LogP contribution in [0, 0.1) is 0 Å². The Morgan fingerprint density at radius 3 is 1.57 bits per heavy atom. The molecule has 0 fully saturated rings. The van der Waals surface area contributed by atoms with Crippen LogP contribution in [0.25, 0.3) is 66.4 Å². The molecule has 1 aliphatic carbocycles. The van der Waals surface area contributed by atoms with Crippen molar-refractivity contribution < 1.29 is 4.42 Å². The molecule has 0 unspecified atom stereocenters. The zero-order chi connectivity index (χ0) is 35.5. The van der Waals surface area contributed by atoms with E-state index in [0.717, 1.165) is 44.6 Å². The van der Waals surface area contributed by atoms with E-state index in [2.05, 4.69) is 195 Å². The second-order valence-electron chi connectivity index (χ2n) is 14.6. The third kappa shape index (κ3) is 5.26. The van der Waals surface area contributed by atoms with Crippen LogP contribution in [0.5, 0.6) is 0 Å². The molecule has 252 valence electrons. The molecule has 1 aliphatic rings. The first kappa shape index (κ1) is 31.1. The molecular formula is C51H37NO. The number of hydrogen-bond donors (Lipinski definition) is 0. The van der Waals surface area contributed by atoms with E-state index in [1.807, 2.05) is 12.1 Å². The minimum Gasteiger partial charge on any atom is -0.456 e. The number of para-hydroxylation sites is 2. The van der Waals surface area contributed by atoms with Gasteiger partial charge in [0.25, 0.3) is 0 Å². The number of nitrogens with zero attached hydrogens (tertiary/aromatic N) is 1. The summed E-state index contributed by atoms with van der Waals surface area (Å²) >= 11 is 0. The second kappa shape index (κ2) is 12.3. The molecule has 0 aliphatic heterocycles. The number of benzene rings is 8. The fourth-order valence-corrected chi connectivity index (χ4v) is 8.26. The normalized spacial score (nSPS) is 12.9. The van der Waals surface area contributed by atoms with Gasteiger partial charge < -0.3 is 9.32 Å². The predicted octanol–water partition coefficient (Wildman–Crippen LogP) is 14.4. The Labute approximate surface area is 310 Å². The Kier molecular flexibility index (Phi) is 7.19. The van der Waals surface area contributed by atoms with E-state index in [1.165, 1.54) is 50.1 Å². The van der Waals surface area contributed by atoms with Gasteiger partial charge in [-0.1, -0.05) is 141 Å². The predicted molar refractivity (Wildman–Crippen MR) is 222 cm³/mol. The maximum Gasteiger partial charge on any atom is 0.136 e. The van der Waals surface area contributed by atoms with Crippen molar-refractivity contribution in [3.63, 3.8) is 0 Å². The molecule has 2 nitrogen and oxygen atoms in total. The SMILES string of the molecule is CC1(C)c2cc(-c3ccccc3)ccc2-c2ccc(N(c3ccccc3)c3ccc(-c4ccc(-c5ccc6c(c5)oc5ccccc56)cc4)cc3)cc21. The van der Waals surface area contributed by atoms with Gasteiger partial charge in [-0.2, -0.15) is 0 Å². The standard InChI is InChI=1S/C51H37NO/c1-51(2)47-31-38(34-11-5-3-6-12-34)23-28-43(47)44-30-27-42(33-48(44)51)52(40-13-7-4-8-14-40)41-25-21-36(22-26-41)35-17-19-37(20-18-35)39-24-29-46-45-15-9-10-16-49(45)53-50(46)32-39/h3-33H,1-2H3. The summed E-state index contributed by atoms with van der Waals surface area (Å²) in [5, 5.41) is 2.30. The number of anilines is 3. The lowest BCUT2D eigenvalue weighted by Crippen LogP contribution is -2.16. The highest BCUT2D eigenvalue weighted by molar-refractivity contribution is 6.05. The number of fused-ring (bicyclic) bond motifs is 6. The van der Waals surface area contributed by atoms with Gasteiger partial charge in [-0.05, 0) is 116 Å². The van der Waals surface area contributed by atoms with Crippen LogP contribution >= 0.6 is 0 Å². The third-order valence-corrected chi connectivity index (χ3v) is 11.1. The molecule has 10 rings (SSSR count). The Balaban J connectivity index is 0.964. The average Bonchev–Trinajstić information content (AvgIpc) is 3.70. The van der Waals surface area contributed by atoms with Crippen molar-refractivity contribution >= 4 is 39.0 Å². The monoisotopic (exact) mass is 679 g/mol. The van der Waals surface area contributed by atoms with Gasteiger partial charge in [-0.3, -0.25) is 0 Å². The van der Waals surface area contributed by atoms with Crippen molar-refractivity contribution in [2.24, 2.45) is 0 Å². The third-order valence-electron chi connectivity index (χ3n) is 11.1. The fourth-order valence-electron chi connectivity index (χ4n) is 8.26. The minimum absolute atomic E-state index is 0.137. The summed E-state index contributed by atoms with van der Waals surface area (Å²) < 4.78 is 6.16. The highest BCUT2D eigenvalue weighted by Crippen LogP contribution is 2.51. The van der Waals surface area contributed by atoms with Crippen molar-refractivity contribution in [1.82, 2.24) is 0 Å². The first-order chi connectivity index (χ1) is 26.0. The number of rotatable bonds is 6. The van der Waals surface area contributed by atoms with Crippen molar-refractivity contribution in [3.8, 4) is 44.5 Å². The number of hydrogen-bond acceptors (Lipinski definition) is 2. The van der Waals surface area contributed by atoms with Crippen LogP contribution in [-0.4, -0.2) is 0 Å². The summed E-state index contributed by atoms with van der Waals surface area (Å²) in [5.74, 6) is 0. The lowest BCUT2D eigenvalue weighted by atomic mass is 9.81. The van der Waals surface area contributed by atoms with Crippen LogP contribution in [0.4, 0.5) is 17.1 Å². The minimum atomic E-state index is -0.137. The smallest absolute Gasteiger partial charge is 0.136 e. The van der Waals surface area contributed by atoms with Crippen molar-refractivity contribution in [2.75, 3.05) is 4.90 Å². The van der Waals surface area contributed by atoms with Crippen LogP contribution in [0.2, 0.25) is 0 Å². The van der Waals surface area contributed by atoms with Crippen LogP contribution in [0.1, 0.15) is 25.0 Å². The Morgan fingerprint density at radius 1 is 0.358 bits per heavy atom. The molecule has 1 heterocycles. The van der Waals surface area contributed by atoms with Gasteiger partial charge in [0.2, 0.25) is 0 Å². The molecule has 0 radical (unpaired) electrons. The number of furan rings is 1. The van der Waals surface area contributed by atoms with E-state index in [4.69, 9.17) is 4.42 Å². The van der Waals surface area contributed by atoms with Gasteiger partial charge in [0.15, 0.2) is 0 Å². The molecule has 0 saturated heterocycles. The van der Waals surface area contributed by atoms with Crippen molar-refractivity contribution in [3.05, 3.63) is 199 Å². The quantitative estimate of drug-likeness (QED) is 0.174. The zero-order valence-electron chi connectivity index (χ0n) is 29.8. The van der Waals surface area contributed by atoms with E-state index in [9.17, 15) is 0 Å². The first-order valence-electron chi connectivity index (χ1n) is 18.3. The summed E-state index contributed by atoms with van der Waals surface area (Å²) in [4.78, 5) is 2.37. The van der Waals surface area contributed by atoms with Gasteiger partial charge in [0.1, 0.15) is 11.2 Å². The van der Waals surface area contributed by atoms with Crippen molar-refractivity contribution in [1.29, 1.82) is 0 Å². The summed E-state index contributed by atoms with van der Waals surface area (Å²) in [6.45, 7) is 4.72. The molecule has 0 bridgehead atoms. The molecule has 0 N–H and O–H groups in total. The van der Waals surface area contributed by atoms with Crippen LogP contribution in [0.15, 0.2) is 192 Å². The lowest BCUT2D eigenvalue weighted by Gasteiger charge is -2.28. The summed E-state index contributed by atoms with van der Waals surface area (Å²) in [5.41, 5.74) is 17.7. The van der Waals surface area contributed by atoms with E-state index in [0.29, 0.717) is 0 Å². The summed E-state index contributed by atoms with van der Waals surface area (Å²) in [6.07, 6.45) is 0. The fraction of sp³-hybridized carbons (Fsp3) is 0.0588. The maximum atomic E-state index is 6.16. The highest BCUT2D eigenvalue weighted by atomic mass is 16.3. The zero-order valence-corrected chi connectivity index (χ0v) is 29.8. The van der Waals surface area contributed by atoms with Gasteiger partial charge in [0, 0.05) is 33.2 Å². The van der Waals surface area contributed by atoms with E-state index < -0.39 is 0 Å². The Hall–Kier alpha value is -6.64. The molecule has 2 heteroatoms. The molecule has 0 amide bonds. The van der Waals surface area contributed by atoms with Crippen LogP contribution < -0.4 is 4.90 Å². The van der Waals surface area contributed by atoms with Gasteiger partial charge in [-0.15, -0.1) is 0 Å². The maximum absolute atomic E-state index is 6.16. The van der Waals surface area contributed by atoms with Crippen molar-refractivity contribution in [2.45, 2.75) is 19.3 Å². The van der Waals surface area contributed by atoms with Crippen LogP contribution in [-0.2, 0) is 5.41 Å². The topological polar surface area (TPSA) is 16.4 Å². The Morgan fingerprint density at radius 2 is 0.830 bits per heavy atom. The van der Waals surface area contributed by atoms with Gasteiger partial charge in [-0.25, -0.2) is 0 Å². The van der Waals surface area contributed by atoms with Gasteiger partial charge >= 0.3 is 0 Å². The molecular weight excluding hydrogens is 643 g/mol. The van der Waals surface area contributed by atoms with E-state index in [-0.39, 0.29) is 5.41 Å². The molecule has 1 aromatic heterocycles. The largest absolute Gasteiger partial charge is 0.456 e. The van der Waals surface area contributed by atoms with E-state index >= 15 is 0 Å². The molecule has 9 aromatic rings. The summed E-state index contributed by atoms with van der Waals surface area (Å²) in [6, 6.07) is 67.9. The Bertz CT molecular complexity index is 2780.